The topological polar surface area (TPSA) is 39.4 Å². The molecule has 0 aliphatic carbocycles. The molecular weight excluding hydrogens is 274 g/mol. The van der Waals surface area contributed by atoms with Crippen LogP contribution in [-0.4, -0.2) is 21.9 Å². The van der Waals surface area contributed by atoms with Gasteiger partial charge >= 0.3 is 0 Å². The minimum Gasteiger partial charge on any atom is -0.391 e. The van der Waals surface area contributed by atoms with Crippen molar-refractivity contribution in [1.82, 2.24) is 9.55 Å². The third-order valence-corrected chi connectivity index (χ3v) is 3.34. The van der Waals surface area contributed by atoms with E-state index in [9.17, 15) is 0 Å². The Hall–Kier alpha value is -2.88. The van der Waals surface area contributed by atoms with Gasteiger partial charge in [0.05, 0.1) is 12.9 Å². The molecule has 0 bridgehead atoms. The highest BCUT2D eigenvalue weighted by Gasteiger charge is 2.07. The molecule has 0 amide bonds. The first-order valence-electron chi connectivity index (χ1n) is 7.11. The zero-order chi connectivity index (χ0) is 15.2. The number of imidazole rings is 1. The normalized spacial score (nSPS) is 11.5. The molecular formula is C18H17N3O. The number of hydrogen-bond acceptors (Lipinski definition) is 3. The van der Waals surface area contributed by atoms with E-state index in [1.807, 2.05) is 22.9 Å². The van der Waals surface area contributed by atoms with E-state index in [0.29, 0.717) is 13.2 Å². The molecule has 2 aromatic carbocycles. The van der Waals surface area contributed by atoms with E-state index in [-0.39, 0.29) is 0 Å². The van der Waals surface area contributed by atoms with Gasteiger partial charge in [0.15, 0.2) is 0 Å². The molecule has 22 heavy (non-hydrogen) atoms. The van der Waals surface area contributed by atoms with Crippen LogP contribution in [0.15, 0.2) is 79.0 Å². The molecule has 0 unspecified atom stereocenters. The lowest BCUT2D eigenvalue weighted by Crippen LogP contribution is -2.11. The average Bonchev–Trinajstić information content (AvgIpc) is 3.07. The fraction of sp³-hybridized carbons (Fsp3) is 0.111. The van der Waals surface area contributed by atoms with Gasteiger partial charge in [-0.05, 0) is 16.8 Å². The molecule has 3 rings (SSSR count). The Balaban J connectivity index is 1.94. The first-order chi connectivity index (χ1) is 10.9. The maximum absolute atomic E-state index is 5.30. The third-order valence-electron chi connectivity index (χ3n) is 3.34. The molecule has 1 heterocycles. The first-order valence-corrected chi connectivity index (χ1v) is 7.11. The average molecular weight is 291 g/mol. The summed E-state index contributed by atoms with van der Waals surface area (Å²) in [6, 6.07) is 14.6. The quantitative estimate of drug-likeness (QED) is 0.301. The van der Waals surface area contributed by atoms with E-state index in [4.69, 9.17) is 4.84 Å². The summed E-state index contributed by atoms with van der Waals surface area (Å²) >= 11 is 0. The van der Waals surface area contributed by atoms with Gasteiger partial charge in [0.25, 0.3) is 0 Å². The van der Waals surface area contributed by atoms with Crippen molar-refractivity contribution in [2.75, 3.05) is 6.61 Å². The summed E-state index contributed by atoms with van der Waals surface area (Å²) in [6.45, 7) is 4.63. The van der Waals surface area contributed by atoms with Crippen molar-refractivity contribution in [3.05, 3.63) is 79.4 Å². The monoisotopic (exact) mass is 291 g/mol. The SMILES string of the molecule is C=CCO/N=C(\Cn1ccnc1)c1ccc2ccccc2c1. The second-order valence-corrected chi connectivity index (χ2v) is 4.92. The number of benzene rings is 2. The van der Waals surface area contributed by atoms with E-state index in [1.165, 1.54) is 10.8 Å². The van der Waals surface area contributed by atoms with Crippen LogP contribution in [0.25, 0.3) is 10.8 Å². The van der Waals surface area contributed by atoms with E-state index >= 15 is 0 Å². The summed E-state index contributed by atoms with van der Waals surface area (Å²) in [5, 5.41) is 6.65. The lowest BCUT2D eigenvalue weighted by Gasteiger charge is -2.09. The molecule has 0 saturated carbocycles. The smallest absolute Gasteiger partial charge is 0.135 e. The summed E-state index contributed by atoms with van der Waals surface area (Å²) in [5.74, 6) is 0. The second kappa shape index (κ2) is 6.72. The Morgan fingerprint density at radius 3 is 2.86 bits per heavy atom. The molecule has 4 heteroatoms. The van der Waals surface area contributed by atoms with E-state index < -0.39 is 0 Å². The van der Waals surface area contributed by atoms with Crippen LogP contribution in [0.1, 0.15) is 5.56 Å². The van der Waals surface area contributed by atoms with Gasteiger partial charge in [-0.1, -0.05) is 54.2 Å². The Morgan fingerprint density at radius 1 is 1.23 bits per heavy atom. The minimum absolute atomic E-state index is 0.390. The minimum atomic E-state index is 0.390. The maximum Gasteiger partial charge on any atom is 0.135 e. The number of hydrogen-bond donors (Lipinski definition) is 0. The largest absolute Gasteiger partial charge is 0.391 e. The first kappa shape index (κ1) is 14.1. The van der Waals surface area contributed by atoms with Crippen molar-refractivity contribution in [1.29, 1.82) is 0 Å². The van der Waals surface area contributed by atoms with Crippen LogP contribution in [0.3, 0.4) is 0 Å². The van der Waals surface area contributed by atoms with Gasteiger partial charge < -0.3 is 9.40 Å². The number of nitrogens with zero attached hydrogens (tertiary/aromatic N) is 3. The lowest BCUT2D eigenvalue weighted by molar-refractivity contribution is 0.174. The van der Waals surface area contributed by atoms with Crippen LogP contribution >= 0.6 is 0 Å². The van der Waals surface area contributed by atoms with Crippen LogP contribution in [0, 0.1) is 0 Å². The van der Waals surface area contributed by atoms with Gasteiger partial charge in [-0.3, -0.25) is 0 Å². The van der Waals surface area contributed by atoms with Crippen molar-refractivity contribution < 1.29 is 4.84 Å². The zero-order valence-corrected chi connectivity index (χ0v) is 12.2. The summed E-state index contributed by atoms with van der Waals surface area (Å²) in [4.78, 5) is 9.36. The fourth-order valence-electron chi connectivity index (χ4n) is 2.26. The highest BCUT2D eigenvalue weighted by atomic mass is 16.6. The van der Waals surface area contributed by atoms with Gasteiger partial charge in [-0.25, -0.2) is 4.98 Å². The molecule has 0 N–H and O–H groups in total. The molecule has 0 fully saturated rings. The number of aromatic nitrogens is 2. The van der Waals surface area contributed by atoms with Crippen molar-refractivity contribution >= 4 is 16.5 Å². The van der Waals surface area contributed by atoms with Crippen LogP contribution < -0.4 is 0 Å². The van der Waals surface area contributed by atoms with Gasteiger partial charge in [-0.15, -0.1) is 0 Å². The van der Waals surface area contributed by atoms with Gasteiger partial charge in [0, 0.05) is 18.0 Å². The Morgan fingerprint density at radius 2 is 2.09 bits per heavy atom. The van der Waals surface area contributed by atoms with Crippen molar-refractivity contribution in [2.45, 2.75) is 6.54 Å². The number of rotatable bonds is 6. The molecule has 0 spiro atoms. The number of oxime groups is 1. The molecule has 4 nitrogen and oxygen atoms in total. The molecule has 0 saturated heterocycles. The van der Waals surface area contributed by atoms with Crippen molar-refractivity contribution in [2.24, 2.45) is 5.16 Å². The predicted molar refractivity (Wildman–Crippen MR) is 88.9 cm³/mol. The maximum atomic E-state index is 5.30. The van der Waals surface area contributed by atoms with Crippen LogP contribution in [0.2, 0.25) is 0 Å². The van der Waals surface area contributed by atoms with E-state index in [2.05, 4.69) is 47.1 Å². The highest BCUT2D eigenvalue weighted by Crippen LogP contribution is 2.17. The van der Waals surface area contributed by atoms with Gasteiger partial charge in [0.2, 0.25) is 0 Å². The van der Waals surface area contributed by atoms with E-state index in [1.54, 1.807) is 18.6 Å². The summed E-state index contributed by atoms with van der Waals surface area (Å²) in [5.41, 5.74) is 1.89. The molecule has 0 atom stereocenters. The Kier molecular flexibility index (Phi) is 4.30. The highest BCUT2D eigenvalue weighted by molar-refractivity contribution is 6.03. The van der Waals surface area contributed by atoms with Gasteiger partial charge in [-0.2, -0.15) is 0 Å². The fourth-order valence-corrected chi connectivity index (χ4v) is 2.26. The van der Waals surface area contributed by atoms with Crippen molar-refractivity contribution in [3.8, 4) is 0 Å². The lowest BCUT2D eigenvalue weighted by atomic mass is 10.0. The van der Waals surface area contributed by atoms with Crippen LogP contribution in [0.4, 0.5) is 0 Å². The number of fused-ring (bicyclic) bond motifs is 1. The summed E-state index contributed by atoms with van der Waals surface area (Å²) in [7, 11) is 0. The van der Waals surface area contributed by atoms with Crippen molar-refractivity contribution in [3.63, 3.8) is 0 Å². The molecule has 0 radical (unpaired) electrons. The molecule has 0 aliphatic rings. The molecule has 1 aromatic heterocycles. The molecule has 0 aliphatic heterocycles. The zero-order valence-electron chi connectivity index (χ0n) is 12.2. The Bertz CT molecular complexity index is 791. The van der Waals surface area contributed by atoms with E-state index in [0.717, 1.165) is 11.3 Å². The summed E-state index contributed by atoms with van der Waals surface area (Å²) < 4.78 is 1.96. The van der Waals surface area contributed by atoms with Gasteiger partial charge in [0.1, 0.15) is 12.3 Å². The predicted octanol–water partition coefficient (Wildman–Crippen LogP) is 3.64. The Labute approximate surface area is 129 Å². The molecule has 110 valence electrons. The van der Waals surface area contributed by atoms with Crippen LogP contribution in [-0.2, 0) is 11.4 Å². The standard InChI is InChI=1S/C18H17N3O/c1-2-11-22-20-18(13-21-10-9-19-14-21)17-8-7-15-5-3-4-6-16(15)12-17/h2-10,12,14H,1,11,13H2/b20-18+. The third kappa shape index (κ3) is 3.23. The van der Waals surface area contributed by atoms with Crippen LogP contribution in [0.5, 0.6) is 0 Å². The molecule has 3 aromatic rings. The summed E-state index contributed by atoms with van der Waals surface area (Å²) in [6.07, 6.45) is 7.11. The second-order valence-electron chi connectivity index (χ2n) is 4.92.